The van der Waals surface area contributed by atoms with Crippen molar-refractivity contribution in [3.8, 4) is 11.4 Å². The number of hydrogen-bond acceptors (Lipinski definition) is 5. The van der Waals surface area contributed by atoms with Crippen LogP contribution in [0.15, 0.2) is 33.9 Å². The number of rotatable bonds is 10. The zero-order valence-corrected chi connectivity index (χ0v) is 24.1. The molecule has 1 aromatic carbocycles. The van der Waals surface area contributed by atoms with Crippen molar-refractivity contribution in [2.45, 2.75) is 83.7 Å². The number of carbonyl (C=O) groups is 1. The summed E-state index contributed by atoms with van der Waals surface area (Å²) in [6.45, 7) is 2.55. The van der Waals surface area contributed by atoms with Gasteiger partial charge in [0.2, 0.25) is 0 Å². The summed E-state index contributed by atoms with van der Waals surface area (Å²) in [4.78, 5) is 50.5. The SMILES string of the molecule is CN(C)CCCNC(=O)c1cccc(-c2nc3c([nH]2)c(=O)n(CC2CCCCC2)c(=O)n3CC2CCCCC2)c1. The van der Waals surface area contributed by atoms with Gasteiger partial charge in [0.15, 0.2) is 5.65 Å². The maximum atomic E-state index is 13.8. The third-order valence-electron chi connectivity index (χ3n) is 8.66. The molecule has 0 radical (unpaired) electrons. The average molecular weight is 549 g/mol. The smallest absolute Gasteiger partial charge is 0.332 e. The number of H-pyrrole nitrogens is 1. The fraction of sp³-hybridized carbons (Fsp3) is 0.613. The molecule has 0 aliphatic heterocycles. The van der Waals surface area contributed by atoms with Gasteiger partial charge >= 0.3 is 5.69 Å². The molecular formula is C31H44N6O3. The Hall–Kier alpha value is -3.20. The first-order valence-corrected chi connectivity index (χ1v) is 15.2. The first-order chi connectivity index (χ1) is 19.4. The first kappa shape index (κ1) is 28.3. The Morgan fingerprint density at radius 2 is 1.62 bits per heavy atom. The van der Waals surface area contributed by atoms with E-state index in [0.29, 0.717) is 59.6 Å². The van der Waals surface area contributed by atoms with Crippen LogP contribution in [-0.4, -0.2) is 57.1 Å². The highest BCUT2D eigenvalue weighted by molar-refractivity contribution is 5.95. The Labute approximate surface area is 236 Å². The minimum absolute atomic E-state index is 0.138. The van der Waals surface area contributed by atoms with Gasteiger partial charge in [-0.15, -0.1) is 0 Å². The Morgan fingerprint density at radius 3 is 2.27 bits per heavy atom. The monoisotopic (exact) mass is 548 g/mol. The van der Waals surface area contributed by atoms with Crippen molar-refractivity contribution in [2.75, 3.05) is 27.2 Å². The fourth-order valence-corrected chi connectivity index (χ4v) is 6.39. The van der Waals surface area contributed by atoms with Crippen LogP contribution in [0.25, 0.3) is 22.6 Å². The van der Waals surface area contributed by atoms with Gasteiger partial charge in [-0.3, -0.25) is 18.7 Å². The van der Waals surface area contributed by atoms with E-state index in [2.05, 4.69) is 15.2 Å². The van der Waals surface area contributed by atoms with Crippen molar-refractivity contribution >= 4 is 17.1 Å². The molecule has 0 saturated heterocycles. The number of carbonyl (C=O) groups excluding carboxylic acids is 1. The zero-order chi connectivity index (χ0) is 28.1. The number of aromatic nitrogens is 4. The number of hydrogen-bond donors (Lipinski definition) is 2. The molecule has 0 spiro atoms. The summed E-state index contributed by atoms with van der Waals surface area (Å²) in [5, 5.41) is 2.98. The lowest BCUT2D eigenvalue weighted by Crippen LogP contribution is -2.42. The molecule has 2 aliphatic rings. The van der Waals surface area contributed by atoms with Crippen molar-refractivity contribution in [2.24, 2.45) is 11.8 Å². The van der Waals surface area contributed by atoms with Gasteiger partial charge in [0.05, 0.1) is 0 Å². The molecule has 2 heterocycles. The van der Waals surface area contributed by atoms with Gasteiger partial charge in [-0.25, -0.2) is 9.78 Å². The van der Waals surface area contributed by atoms with E-state index in [1.165, 1.54) is 30.3 Å². The molecule has 2 fully saturated rings. The van der Waals surface area contributed by atoms with E-state index in [1.54, 1.807) is 16.7 Å². The molecular weight excluding hydrogens is 504 g/mol. The van der Waals surface area contributed by atoms with Crippen molar-refractivity contribution in [3.63, 3.8) is 0 Å². The number of amides is 1. The molecule has 9 heteroatoms. The number of nitrogens with one attached hydrogen (secondary N) is 2. The predicted octanol–water partition coefficient (Wildman–Crippen LogP) is 4.40. The molecule has 2 aromatic heterocycles. The van der Waals surface area contributed by atoms with Crippen molar-refractivity contribution in [3.05, 3.63) is 50.7 Å². The summed E-state index contributed by atoms with van der Waals surface area (Å²) in [6, 6.07) is 7.28. The van der Waals surface area contributed by atoms with Crippen LogP contribution in [-0.2, 0) is 13.1 Å². The average Bonchev–Trinajstić information content (AvgIpc) is 3.42. The van der Waals surface area contributed by atoms with Crippen molar-refractivity contribution in [1.29, 1.82) is 0 Å². The quantitative estimate of drug-likeness (QED) is 0.366. The van der Waals surface area contributed by atoms with Crippen LogP contribution < -0.4 is 16.6 Å². The second-order valence-electron chi connectivity index (χ2n) is 12.1. The predicted molar refractivity (Wildman–Crippen MR) is 159 cm³/mol. The summed E-state index contributed by atoms with van der Waals surface area (Å²) in [7, 11) is 4.02. The van der Waals surface area contributed by atoms with Gasteiger partial charge in [0.1, 0.15) is 11.3 Å². The number of nitrogens with zero attached hydrogens (tertiary/aromatic N) is 4. The first-order valence-electron chi connectivity index (χ1n) is 15.2. The Bertz CT molecular complexity index is 1420. The lowest BCUT2D eigenvalue weighted by Gasteiger charge is -2.24. The topological polar surface area (TPSA) is 105 Å². The van der Waals surface area contributed by atoms with Crippen LogP contribution in [0.5, 0.6) is 0 Å². The highest BCUT2D eigenvalue weighted by atomic mass is 16.2. The van der Waals surface area contributed by atoms with Crippen LogP contribution in [0, 0.1) is 11.8 Å². The number of benzene rings is 1. The maximum absolute atomic E-state index is 13.8. The summed E-state index contributed by atoms with van der Waals surface area (Å²) in [5.41, 5.74) is 1.52. The van der Waals surface area contributed by atoms with E-state index in [9.17, 15) is 14.4 Å². The van der Waals surface area contributed by atoms with E-state index in [1.807, 2.05) is 26.2 Å². The van der Waals surface area contributed by atoms with Crippen molar-refractivity contribution in [1.82, 2.24) is 29.3 Å². The Kier molecular flexibility index (Phi) is 9.19. The standard InChI is InChI=1S/C31H44N6O3/c1-35(2)18-10-17-32-29(38)25-16-9-15-24(19-25)27-33-26-28(34-27)36(20-22-11-5-3-6-12-22)31(40)37(30(26)39)21-23-13-7-4-8-14-23/h9,15-16,19,22-23H,3-8,10-14,17-18,20-21H2,1-2H3,(H,32,38)(H,33,34). The molecule has 2 N–H and O–H groups in total. The van der Waals surface area contributed by atoms with Crippen LogP contribution in [0.2, 0.25) is 0 Å². The van der Waals surface area contributed by atoms with E-state index < -0.39 is 0 Å². The highest BCUT2D eigenvalue weighted by Crippen LogP contribution is 2.27. The molecule has 1 amide bonds. The molecule has 0 bridgehead atoms. The van der Waals surface area contributed by atoms with E-state index >= 15 is 0 Å². The van der Waals surface area contributed by atoms with Gasteiger partial charge in [-0.05, 0) is 76.7 Å². The van der Waals surface area contributed by atoms with Gasteiger partial charge in [0.25, 0.3) is 11.5 Å². The van der Waals surface area contributed by atoms with Crippen LogP contribution in [0.4, 0.5) is 0 Å². The molecule has 2 aliphatic carbocycles. The molecule has 5 rings (SSSR count). The third-order valence-corrected chi connectivity index (χ3v) is 8.66. The molecule has 0 unspecified atom stereocenters. The summed E-state index contributed by atoms with van der Waals surface area (Å²) in [6.07, 6.45) is 12.3. The minimum atomic E-state index is -0.293. The minimum Gasteiger partial charge on any atom is -0.352 e. The molecule has 0 atom stereocenters. The highest BCUT2D eigenvalue weighted by Gasteiger charge is 2.24. The third kappa shape index (κ3) is 6.57. The summed E-state index contributed by atoms with van der Waals surface area (Å²) in [5.74, 6) is 1.13. The van der Waals surface area contributed by atoms with Crippen LogP contribution in [0.1, 0.15) is 81.0 Å². The molecule has 40 heavy (non-hydrogen) atoms. The van der Waals surface area contributed by atoms with E-state index in [4.69, 9.17) is 4.98 Å². The summed E-state index contributed by atoms with van der Waals surface area (Å²) < 4.78 is 3.21. The lowest BCUT2D eigenvalue weighted by molar-refractivity contribution is 0.0952. The van der Waals surface area contributed by atoms with Gasteiger partial charge in [-0.1, -0.05) is 50.7 Å². The molecule has 9 nitrogen and oxygen atoms in total. The Balaban J connectivity index is 1.48. The van der Waals surface area contributed by atoms with Gasteiger partial charge in [-0.2, -0.15) is 0 Å². The van der Waals surface area contributed by atoms with Crippen LogP contribution >= 0.6 is 0 Å². The Morgan fingerprint density at radius 1 is 0.975 bits per heavy atom. The second kappa shape index (κ2) is 13.0. The number of imidazole rings is 1. The normalized spacial score (nSPS) is 17.1. The van der Waals surface area contributed by atoms with Gasteiger partial charge in [0, 0.05) is 30.8 Å². The molecule has 216 valence electrons. The second-order valence-corrected chi connectivity index (χ2v) is 12.1. The fourth-order valence-electron chi connectivity index (χ4n) is 6.39. The summed E-state index contributed by atoms with van der Waals surface area (Å²) >= 11 is 0. The lowest BCUT2D eigenvalue weighted by atomic mass is 9.89. The number of fused-ring (bicyclic) bond motifs is 1. The number of aromatic amines is 1. The van der Waals surface area contributed by atoms with Crippen molar-refractivity contribution < 1.29 is 4.79 Å². The largest absolute Gasteiger partial charge is 0.352 e. The zero-order valence-electron chi connectivity index (χ0n) is 24.1. The van der Waals surface area contributed by atoms with E-state index in [0.717, 1.165) is 51.5 Å². The molecule has 2 saturated carbocycles. The van der Waals surface area contributed by atoms with Crippen LogP contribution in [0.3, 0.4) is 0 Å². The molecule has 3 aromatic rings. The van der Waals surface area contributed by atoms with Gasteiger partial charge < -0.3 is 15.2 Å². The van der Waals surface area contributed by atoms with E-state index in [-0.39, 0.29) is 17.2 Å². The maximum Gasteiger partial charge on any atom is 0.332 e.